The first kappa shape index (κ1) is 20.0. The maximum Gasteiger partial charge on any atom is 0.318 e. The lowest BCUT2D eigenvalue weighted by Crippen LogP contribution is -2.37. The highest BCUT2D eigenvalue weighted by Gasteiger charge is 2.32. The summed E-state index contributed by atoms with van der Waals surface area (Å²) in [6.45, 7) is 1.72. The Hall–Kier alpha value is -2.29. The molecule has 1 fully saturated rings. The number of halogens is 2. The number of amides is 2. The highest BCUT2D eigenvalue weighted by atomic mass is 35.5. The van der Waals surface area contributed by atoms with E-state index in [2.05, 4.69) is 15.3 Å². The molecular weight excluding hydrogens is 415 g/mol. The van der Waals surface area contributed by atoms with E-state index < -0.39 is 0 Å². The van der Waals surface area contributed by atoms with Crippen molar-refractivity contribution in [1.82, 2.24) is 20.2 Å². The van der Waals surface area contributed by atoms with E-state index in [0.29, 0.717) is 59.7 Å². The van der Waals surface area contributed by atoms with E-state index in [4.69, 9.17) is 39.4 Å². The van der Waals surface area contributed by atoms with Crippen molar-refractivity contribution < 1.29 is 9.53 Å². The van der Waals surface area contributed by atoms with Gasteiger partial charge in [-0.2, -0.15) is 0 Å². The number of hydrogen-bond donors (Lipinski definition) is 3. The van der Waals surface area contributed by atoms with Crippen LogP contribution in [0.25, 0.3) is 11.3 Å². The third-order valence-electron chi connectivity index (χ3n) is 4.87. The van der Waals surface area contributed by atoms with Crippen LogP contribution in [0.5, 0.6) is 5.75 Å². The molecule has 4 rings (SSSR count). The largest absolute Gasteiger partial charge is 0.492 e. The topological polar surface area (TPSA) is 119 Å². The number of carbonyl (C=O) groups is 1. The lowest BCUT2D eigenvalue weighted by atomic mass is 10.1. The highest BCUT2D eigenvalue weighted by molar-refractivity contribution is 6.37. The molecule has 1 aliphatic carbocycles. The van der Waals surface area contributed by atoms with Gasteiger partial charge in [-0.1, -0.05) is 23.2 Å². The standard InChI is InChI=1S/C19H22Cl2N6O2/c20-13-7-14(21)16(29-5-1-4-22)6-11(13)17-12-8-27(19(28)24-10-2-3-10)9-15(12)25-18(23)26-17/h6-7,10H,1-5,8-9,22H2,(H,24,28)(H2,23,25,26). The van der Waals surface area contributed by atoms with Gasteiger partial charge < -0.3 is 26.4 Å². The minimum atomic E-state index is -0.108. The molecule has 8 nitrogen and oxygen atoms in total. The summed E-state index contributed by atoms with van der Waals surface area (Å²) >= 11 is 12.7. The molecular formula is C19H22Cl2N6O2. The number of nitrogens with zero attached hydrogens (tertiary/aromatic N) is 3. The molecule has 0 saturated heterocycles. The Morgan fingerprint density at radius 2 is 2.03 bits per heavy atom. The molecule has 10 heteroatoms. The molecule has 0 radical (unpaired) electrons. The molecule has 1 aliphatic heterocycles. The summed E-state index contributed by atoms with van der Waals surface area (Å²) in [4.78, 5) is 22.9. The van der Waals surface area contributed by atoms with Gasteiger partial charge in [-0.3, -0.25) is 0 Å². The maximum atomic E-state index is 12.5. The van der Waals surface area contributed by atoms with E-state index in [1.54, 1.807) is 17.0 Å². The van der Waals surface area contributed by atoms with Crippen LogP contribution < -0.4 is 21.5 Å². The van der Waals surface area contributed by atoms with Crippen LogP contribution in [0.15, 0.2) is 12.1 Å². The van der Waals surface area contributed by atoms with Gasteiger partial charge in [0.25, 0.3) is 0 Å². The van der Waals surface area contributed by atoms with E-state index in [0.717, 1.165) is 24.1 Å². The van der Waals surface area contributed by atoms with Crippen molar-refractivity contribution in [2.24, 2.45) is 5.73 Å². The monoisotopic (exact) mass is 436 g/mol. The highest BCUT2D eigenvalue weighted by Crippen LogP contribution is 2.40. The molecule has 2 heterocycles. The van der Waals surface area contributed by atoms with E-state index in [1.165, 1.54) is 0 Å². The molecule has 0 spiro atoms. The Labute approximate surface area is 178 Å². The zero-order valence-corrected chi connectivity index (χ0v) is 17.3. The van der Waals surface area contributed by atoms with Crippen molar-refractivity contribution in [2.45, 2.75) is 38.4 Å². The molecule has 0 atom stereocenters. The molecule has 5 N–H and O–H groups in total. The summed E-state index contributed by atoms with van der Waals surface area (Å²) in [6, 6.07) is 3.53. The Bertz CT molecular complexity index is 951. The number of ether oxygens (including phenoxy) is 1. The summed E-state index contributed by atoms with van der Waals surface area (Å²) in [6.07, 6.45) is 2.75. The summed E-state index contributed by atoms with van der Waals surface area (Å²) in [7, 11) is 0. The van der Waals surface area contributed by atoms with Crippen molar-refractivity contribution in [3.05, 3.63) is 33.4 Å². The molecule has 2 aliphatic rings. The van der Waals surface area contributed by atoms with Crippen molar-refractivity contribution in [3.8, 4) is 17.0 Å². The van der Waals surface area contributed by atoms with Crippen LogP contribution in [0.1, 0.15) is 30.5 Å². The van der Waals surface area contributed by atoms with Crippen LogP contribution in [-0.4, -0.2) is 40.1 Å². The molecule has 0 bridgehead atoms. The van der Waals surface area contributed by atoms with Crippen LogP contribution in [-0.2, 0) is 13.1 Å². The van der Waals surface area contributed by atoms with Crippen molar-refractivity contribution >= 4 is 35.2 Å². The van der Waals surface area contributed by atoms with E-state index in [1.807, 2.05) is 0 Å². The Morgan fingerprint density at radius 3 is 2.76 bits per heavy atom. The second kappa shape index (κ2) is 8.22. The second-order valence-electron chi connectivity index (χ2n) is 7.19. The predicted molar refractivity (Wildman–Crippen MR) is 112 cm³/mol. The minimum absolute atomic E-state index is 0.108. The fraction of sp³-hybridized carbons (Fsp3) is 0.421. The van der Waals surface area contributed by atoms with Gasteiger partial charge in [-0.05, 0) is 37.9 Å². The number of nitrogens with two attached hydrogens (primary N) is 2. The second-order valence-corrected chi connectivity index (χ2v) is 8.00. The Balaban J connectivity index is 1.66. The molecule has 29 heavy (non-hydrogen) atoms. The van der Waals surface area contributed by atoms with Crippen molar-refractivity contribution in [2.75, 3.05) is 18.9 Å². The number of nitrogens with one attached hydrogen (secondary N) is 1. The van der Waals surface area contributed by atoms with Gasteiger partial charge in [-0.25, -0.2) is 14.8 Å². The van der Waals surface area contributed by atoms with Gasteiger partial charge in [0.2, 0.25) is 5.95 Å². The lowest BCUT2D eigenvalue weighted by Gasteiger charge is -2.16. The fourth-order valence-corrected chi connectivity index (χ4v) is 3.75. The molecule has 1 aromatic carbocycles. The number of anilines is 1. The number of nitrogen functional groups attached to an aromatic ring is 1. The van der Waals surface area contributed by atoms with E-state index in [9.17, 15) is 4.79 Å². The van der Waals surface area contributed by atoms with Crippen LogP contribution in [0, 0.1) is 0 Å². The van der Waals surface area contributed by atoms with Crippen molar-refractivity contribution in [1.29, 1.82) is 0 Å². The number of rotatable bonds is 6. The summed E-state index contributed by atoms with van der Waals surface area (Å²) in [5.74, 6) is 0.617. The Kier molecular flexibility index (Phi) is 5.67. The van der Waals surface area contributed by atoms with Crippen LogP contribution in [0.2, 0.25) is 10.0 Å². The summed E-state index contributed by atoms with van der Waals surface area (Å²) < 4.78 is 5.73. The molecule has 2 amide bonds. The van der Waals surface area contributed by atoms with Gasteiger partial charge in [0.05, 0.1) is 41.1 Å². The number of aromatic nitrogens is 2. The number of benzene rings is 1. The number of urea groups is 1. The quantitative estimate of drug-likeness (QED) is 0.598. The van der Waals surface area contributed by atoms with Gasteiger partial charge >= 0.3 is 6.03 Å². The zero-order valence-electron chi connectivity index (χ0n) is 15.8. The molecule has 1 saturated carbocycles. The fourth-order valence-electron chi connectivity index (χ4n) is 3.22. The predicted octanol–water partition coefficient (Wildman–Crippen LogP) is 2.95. The Morgan fingerprint density at radius 1 is 1.24 bits per heavy atom. The van der Waals surface area contributed by atoms with Gasteiger partial charge in [0.1, 0.15) is 5.75 Å². The lowest BCUT2D eigenvalue weighted by molar-refractivity contribution is 0.197. The number of fused-ring (bicyclic) bond motifs is 1. The van der Waals surface area contributed by atoms with E-state index >= 15 is 0 Å². The smallest absolute Gasteiger partial charge is 0.318 e. The van der Waals surface area contributed by atoms with Crippen LogP contribution in [0.3, 0.4) is 0 Å². The van der Waals surface area contributed by atoms with Gasteiger partial charge in [0.15, 0.2) is 0 Å². The maximum absolute atomic E-state index is 12.5. The van der Waals surface area contributed by atoms with Crippen LogP contribution >= 0.6 is 23.2 Å². The number of hydrogen-bond acceptors (Lipinski definition) is 6. The zero-order chi connectivity index (χ0) is 20.5. The third kappa shape index (κ3) is 4.34. The SMILES string of the molecule is NCCCOc1cc(-c2nc(N)nc3c2CN(C(=O)NC2CC2)C3)c(Cl)cc1Cl. The summed E-state index contributed by atoms with van der Waals surface area (Å²) in [5, 5.41) is 3.82. The molecule has 154 valence electrons. The first-order chi connectivity index (χ1) is 14.0. The van der Waals surface area contributed by atoms with Crippen LogP contribution in [0.4, 0.5) is 10.7 Å². The molecule has 0 unspecified atom stereocenters. The first-order valence-corrected chi connectivity index (χ1v) is 10.2. The molecule has 1 aromatic heterocycles. The first-order valence-electron chi connectivity index (χ1n) is 9.49. The molecule has 2 aromatic rings. The van der Waals surface area contributed by atoms with Gasteiger partial charge in [-0.15, -0.1) is 0 Å². The normalized spacial score (nSPS) is 15.3. The van der Waals surface area contributed by atoms with E-state index in [-0.39, 0.29) is 18.0 Å². The van der Waals surface area contributed by atoms with Gasteiger partial charge in [0, 0.05) is 17.2 Å². The third-order valence-corrected chi connectivity index (χ3v) is 5.48. The average Bonchev–Trinajstić information content (AvgIpc) is 3.38. The average molecular weight is 437 g/mol. The van der Waals surface area contributed by atoms with Crippen molar-refractivity contribution in [3.63, 3.8) is 0 Å². The number of carbonyl (C=O) groups excluding carboxylic acids is 1. The minimum Gasteiger partial charge on any atom is -0.492 e. The summed E-state index contributed by atoms with van der Waals surface area (Å²) in [5.41, 5.74) is 14.2.